The number of hydrogen-bond acceptors (Lipinski definition) is 3. The van der Waals surface area contributed by atoms with Gasteiger partial charge in [-0.05, 0) is 26.2 Å². The van der Waals surface area contributed by atoms with Gasteiger partial charge in [0.25, 0.3) is 5.56 Å². The van der Waals surface area contributed by atoms with Crippen molar-refractivity contribution in [3.63, 3.8) is 0 Å². The van der Waals surface area contributed by atoms with E-state index in [0.717, 1.165) is 25.7 Å². The molecule has 1 N–H and O–H groups in total. The summed E-state index contributed by atoms with van der Waals surface area (Å²) in [6.07, 6.45) is 4.19. The Bertz CT molecular complexity index is 830. The van der Waals surface area contributed by atoms with Gasteiger partial charge in [0.2, 0.25) is 0 Å². The van der Waals surface area contributed by atoms with E-state index in [1.165, 1.54) is 9.13 Å². The van der Waals surface area contributed by atoms with Crippen molar-refractivity contribution in [3.05, 3.63) is 26.7 Å². The van der Waals surface area contributed by atoms with E-state index in [1.807, 2.05) is 6.92 Å². The Hall–Kier alpha value is -2.29. The van der Waals surface area contributed by atoms with Crippen LogP contribution in [0.5, 0.6) is 0 Å². The number of unbranched alkanes of at least 4 members (excludes halogenated alkanes) is 3. The first-order chi connectivity index (χ1) is 10.6. The molecule has 2 aromatic heterocycles. The van der Waals surface area contributed by atoms with Gasteiger partial charge < -0.3 is 4.98 Å². The minimum atomic E-state index is -0.335. The van der Waals surface area contributed by atoms with Crippen molar-refractivity contribution in [2.45, 2.75) is 59.5 Å². The molecule has 0 bridgehead atoms. The Morgan fingerprint density at radius 3 is 2.45 bits per heavy atom. The maximum atomic E-state index is 12.3. The fraction of sp³-hybridized carbons (Fsp3) is 0.562. The van der Waals surface area contributed by atoms with Crippen LogP contribution < -0.4 is 11.2 Å². The first kappa shape index (κ1) is 16.1. The number of hydrogen-bond donors (Lipinski definition) is 1. The van der Waals surface area contributed by atoms with E-state index in [0.29, 0.717) is 30.1 Å². The molecule has 0 saturated carbocycles. The van der Waals surface area contributed by atoms with Crippen molar-refractivity contribution in [3.8, 4) is 11.8 Å². The Labute approximate surface area is 129 Å². The maximum absolute atomic E-state index is 12.3. The highest BCUT2D eigenvalue weighted by molar-refractivity contribution is 5.70. The number of aromatic amines is 1. The zero-order chi connectivity index (χ0) is 16.1. The highest BCUT2D eigenvalue weighted by Gasteiger charge is 2.14. The van der Waals surface area contributed by atoms with Crippen LogP contribution in [-0.2, 0) is 13.1 Å². The molecule has 0 atom stereocenters. The molecule has 0 saturated heterocycles. The summed E-state index contributed by atoms with van der Waals surface area (Å²) >= 11 is 0. The summed E-state index contributed by atoms with van der Waals surface area (Å²) in [6.45, 7) is 6.58. The van der Waals surface area contributed by atoms with Crippen molar-refractivity contribution < 1.29 is 0 Å². The highest BCUT2D eigenvalue weighted by Crippen LogP contribution is 2.05. The molecule has 2 heterocycles. The van der Waals surface area contributed by atoms with Crippen LogP contribution in [0.4, 0.5) is 0 Å². The molecule has 6 heteroatoms. The average Bonchev–Trinajstić information content (AvgIpc) is 2.92. The summed E-state index contributed by atoms with van der Waals surface area (Å²) in [6, 6.07) is 0. The SMILES string of the molecule is CCCCCC#Cc1nc2c([nH]1)c(=O)n(CC)c(=O)n2CC. The predicted octanol–water partition coefficient (Wildman–Crippen LogP) is 1.86. The first-order valence-corrected chi connectivity index (χ1v) is 7.86. The molecular weight excluding hydrogens is 280 g/mol. The number of fused-ring (bicyclic) bond motifs is 1. The van der Waals surface area contributed by atoms with Crippen LogP contribution in [0, 0.1) is 11.8 Å². The summed E-state index contributed by atoms with van der Waals surface area (Å²) in [5.74, 6) is 6.45. The van der Waals surface area contributed by atoms with Gasteiger partial charge in [-0.3, -0.25) is 13.9 Å². The van der Waals surface area contributed by atoms with Crippen LogP contribution >= 0.6 is 0 Å². The van der Waals surface area contributed by atoms with E-state index in [4.69, 9.17) is 0 Å². The molecular formula is C16H22N4O2. The Balaban J connectivity index is 2.48. The van der Waals surface area contributed by atoms with E-state index in [1.54, 1.807) is 6.92 Å². The summed E-state index contributed by atoms with van der Waals surface area (Å²) in [5, 5.41) is 0. The topological polar surface area (TPSA) is 72.7 Å². The van der Waals surface area contributed by atoms with Gasteiger partial charge in [-0.1, -0.05) is 25.7 Å². The van der Waals surface area contributed by atoms with E-state index < -0.39 is 0 Å². The third kappa shape index (κ3) is 2.98. The van der Waals surface area contributed by atoms with Crippen molar-refractivity contribution in [2.75, 3.05) is 0 Å². The Kier molecular flexibility index (Phi) is 5.21. The van der Waals surface area contributed by atoms with Crippen LogP contribution in [0.1, 0.15) is 52.3 Å². The van der Waals surface area contributed by atoms with E-state index in [9.17, 15) is 9.59 Å². The molecule has 0 aromatic carbocycles. The summed E-state index contributed by atoms with van der Waals surface area (Å²) < 4.78 is 2.71. The van der Waals surface area contributed by atoms with Gasteiger partial charge in [0.05, 0.1) is 0 Å². The molecule has 6 nitrogen and oxygen atoms in total. The number of rotatable bonds is 5. The van der Waals surface area contributed by atoms with Crippen LogP contribution in [-0.4, -0.2) is 19.1 Å². The Morgan fingerprint density at radius 1 is 1.09 bits per heavy atom. The fourth-order valence-corrected chi connectivity index (χ4v) is 2.40. The number of aryl methyl sites for hydroxylation is 1. The van der Waals surface area contributed by atoms with Crippen molar-refractivity contribution >= 4 is 11.2 Å². The molecule has 2 rings (SSSR count). The lowest BCUT2D eigenvalue weighted by atomic mass is 10.2. The molecule has 118 valence electrons. The molecule has 22 heavy (non-hydrogen) atoms. The standard InChI is InChI=1S/C16H22N4O2/c1-4-7-8-9-10-11-12-17-13-14(18-12)19(5-2)16(22)20(6-3)15(13)21/h4-9H2,1-3H3,(H,17,18). The highest BCUT2D eigenvalue weighted by atomic mass is 16.2. The lowest BCUT2D eigenvalue weighted by Gasteiger charge is -2.06. The zero-order valence-electron chi connectivity index (χ0n) is 13.4. The predicted molar refractivity (Wildman–Crippen MR) is 87.0 cm³/mol. The average molecular weight is 302 g/mol. The number of imidazole rings is 1. The van der Waals surface area contributed by atoms with Crippen LogP contribution in [0.2, 0.25) is 0 Å². The van der Waals surface area contributed by atoms with E-state index >= 15 is 0 Å². The number of nitrogens with zero attached hydrogens (tertiary/aromatic N) is 3. The fourth-order valence-electron chi connectivity index (χ4n) is 2.40. The van der Waals surface area contributed by atoms with Crippen LogP contribution in [0.25, 0.3) is 11.2 Å². The van der Waals surface area contributed by atoms with Gasteiger partial charge in [0.15, 0.2) is 17.0 Å². The molecule has 2 aromatic rings. The largest absolute Gasteiger partial charge is 0.332 e. The maximum Gasteiger partial charge on any atom is 0.332 e. The third-order valence-corrected chi connectivity index (χ3v) is 3.61. The second kappa shape index (κ2) is 7.12. The normalized spacial score (nSPS) is 10.7. The molecule has 0 aliphatic rings. The van der Waals surface area contributed by atoms with Gasteiger partial charge in [-0.15, -0.1) is 0 Å². The van der Waals surface area contributed by atoms with Gasteiger partial charge in [-0.25, -0.2) is 9.78 Å². The second-order valence-electron chi connectivity index (χ2n) is 5.12. The molecule has 0 spiro atoms. The molecule has 0 radical (unpaired) electrons. The third-order valence-electron chi connectivity index (χ3n) is 3.61. The molecule has 0 aliphatic heterocycles. The van der Waals surface area contributed by atoms with Gasteiger partial charge in [0, 0.05) is 19.5 Å². The van der Waals surface area contributed by atoms with Crippen LogP contribution in [0.3, 0.4) is 0 Å². The van der Waals surface area contributed by atoms with Crippen molar-refractivity contribution in [2.24, 2.45) is 0 Å². The number of aromatic nitrogens is 4. The zero-order valence-corrected chi connectivity index (χ0v) is 13.4. The quantitative estimate of drug-likeness (QED) is 0.677. The monoisotopic (exact) mass is 302 g/mol. The van der Waals surface area contributed by atoms with E-state index in [2.05, 4.69) is 28.7 Å². The van der Waals surface area contributed by atoms with Gasteiger partial charge >= 0.3 is 5.69 Å². The molecule has 0 fully saturated rings. The Morgan fingerprint density at radius 2 is 1.82 bits per heavy atom. The summed E-state index contributed by atoms with van der Waals surface area (Å²) in [7, 11) is 0. The minimum absolute atomic E-state index is 0.323. The van der Waals surface area contributed by atoms with Crippen molar-refractivity contribution in [1.82, 2.24) is 19.1 Å². The molecule has 0 amide bonds. The number of nitrogens with one attached hydrogen (secondary N) is 1. The van der Waals surface area contributed by atoms with Crippen LogP contribution in [0.15, 0.2) is 9.59 Å². The summed E-state index contributed by atoms with van der Waals surface area (Å²) in [4.78, 5) is 31.8. The van der Waals surface area contributed by atoms with Crippen molar-refractivity contribution in [1.29, 1.82) is 0 Å². The smallest absolute Gasteiger partial charge is 0.325 e. The number of H-pyrrole nitrogens is 1. The molecule has 0 unspecified atom stereocenters. The second-order valence-corrected chi connectivity index (χ2v) is 5.12. The first-order valence-electron chi connectivity index (χ1n) is 7.86. The summed E-state index contributed by atoms with van der Waals surface area (Å²) in [5.41, 5.74) is 0.0800. The molecule has 0 aliphatic carbocycles. The minimum Gasteiger partial charge on any atom is -0.325 e. The van der Waals surface area contributed by atoms with Gasteiger partial charge in [0.1, 0.15) is 0 Å². The lowest BCUT2D eigenvalue weighted by Crippen LogP contribution is -2.39. The lowest BCUT2D eigenvalue weighted by molar-refractivity contribution is 0.605. The van der Waals surface area contributed by atoms with Gasteiger partial charge in [-0.2, -0.15) is 0 Å². The van der Waals surface area contributed by atoms with E-state index in [-0.39, 0.29) is 11.2 Å².